The van der Waals surface area contributed by atoms with Gasteiger partial charge in [-0.2, -0.15) is 9.40 Å². The molecular formula is C13H21ClN6O2S. The lowest BCUT2D eigenvalue weighted by Crippen LogP contribution is -2.49. The van der Waals surface area contributed by atoms with Gasteiger partial charge in [0.2, 0.25) is 10.0 Å². The molecule has 0 radical (unpaired) electrons. The molecule has 1 N–H and O–H groups in total. The van der Waals surface area contributed by atoms with E-state index in [-0.39, 0.29) is 23.3 Å². The molecule has 0 aliphatic carbocycles. The van der Waals surface area contributed by atoms with E-state index in [1.165, 1.54) is 10.5 Å². The van der Waals surface area contributed by atoms with Gasteiger partial charge in [0.25, 0.3) is 0 Å². The average Bonchev–Trinajstić information content (AvgIpc) is 3.16. The lowest BCUT2D eigenvalue weighted by molar-refractivity contribution is 0.258. The van der Waals surface area contributed by atoms with Gasteiger partial charge in [-0.25, -0.2) is 13.4 Å². The van der Waals surface area contributed by atoms with E-state index in [1.807, 2.05) is 24.7 Å². The molecule has 3 rings (SSSR count). The number of rotatable bonds is 4. The first-order valence-electron chi connectivity index (χ1n) is 7.26. The summed E-state index contributed by atoms with van der Waals surface area (Å²) in [6, 6.07) is -0.316. The molecule has 0 spiro atoms. The summed E-state index contributed by atoms with van der Waals surface area (Å²) in [7, 11) is -1.71. The minimum atomic E-state index is -3.59. The van der Waals surface area contributed by atoms with Crippen LogP contribution in [0, 0.1) is 0 Å². The Morgan fingerprint density at radius 2 is 2.22 bits per heavy atom. The van der Waals surface area contributed by atoms with Crippen molar-refractivity contribution >= 4 is 22.4 Å². The topological polar surface area (TPSA) is 85.0 Å². The zero-order valence-corrected chi connectivity index (χ0v) is 14.7. The third-order valence-electron chi connectivity index (χ3n) is 3.89. The summed E-state index contributed by atoms with van der Waals surface area (Å²) < 4.78 is 30.9. The maximum absolute atomic E-state index is 12.9. The molecule has 0 saturated carbocycles. The lowest BCUT2D eigenvalue weighted by Gasteiger charge is -2.34. The number of aromatic nitrogens is 4. The van der Waals surface area contributed by atoms with Gasteiger partial charge in [0, 0.05) is 51.8 Å². The van der Waals surface area contributed by atoms with Crippen LogP contribution >= 0.6 is 12.4 Å². The highest BCUT2D eigenvalue weighted by Gasteiger charge is 2.36. The zero-order valence-electron chi connectivity index (χ0n) is 13.1. The highest BCUT2D eigenvalue weighted by atomic mass is 35.5. The SMILES string of the molecule is CCn1cc(S(=O)(=O)N2CCNCC2c2nccn2C)cn1.Cl. The second-order valence-corrected chi connectivity index (χ2v) is 7.15. The van der Waals surface area contributed by atoms with Crippen LogP contribution in [-0.2, 0) is 23.6 Å². The van der Waals surface area contributed by atoms with Gasteiger partial charge in [-0.15, -0.1) is 12.4 Å². The molecule has 1 unspecified atom stereocenters. The van der Waals surface area contributed by atoms with Crippen LogP contribution in [0.3, 0.4) is 0 Å². The Hall–Kier alpha value is -1.42. The molecule has 128 valence electrons. The Balaban J connectivity index is 0.00000192. The van der Waals surface area contributed by atoms with Crippen molar-refractivity contribution < 1.29 is 8.42 Å². The summed E-state index contributed by atoms with van der Waals surface area (Å²) in [6.45, 7) is 4.15. The highest BCUT2D eigenvalue weighted by molar-refractivity contribution is 7.89. The van der Waals surface area contributed by atoms with Crippen LogP contribution in [0.4, 0.5) is 0 Å². The van der Waals surface area contributed by atoms with Gasteiger partial charge in [0.05, 0.1) is 12.2 Å². The molecule has 0 amide bonds. The standard InChI is InChI=1S/C13H20N6O2S.ClH/c1-3-18-10-11(8-16-18)22(20,21)19-7-4-14-9-12(19)13-15-5-6-17(13)2;/h5-6,8,10,12,14H,3-4,7,9H2,1-2H3;1H. The monoisotopic (exact) mass is 360 g/mol. The van der Waals surface area contributed by atoms with Crippen molar-refractivity contribution in [2.75, 3.05) is 19.6 Å². The number of aryl methyl sites for hydroxylation is 2. The Morgan fingerprint density at radius 1 is 1.43 bits per heavy atom. The minimum absolute atomic E-state index is 0. The van der Waals surface area contributed by atoms with E-state index in [2.05, 4.69) is 15.4 Å². The quantitative estimate of drug-likeness (QED) is 0.852. The minimum Gasteiger partial charge on any atom is -0.337 e. The predicted molar refractivity (Wildman–Crippen MR) is 87.9 cm³/mol. The van der Waals surface area contributed by atoms with Crippen molar-refractivity contribution in [3.63, 3.8) is 0 Å². The van der Waals surface area contributed by atoms with Gasteiger partial charge in [0.1, 0.15) is 10.7 Å². The van der Waals surface area contributed by atoms with Crippen molar-refractivity contribution in [1.82, 2.24) is 29.0 Å². The van der Waals surface area contributed by atoms with Gasteiger partial charge >= 0.3 is 0 Å². The van der Waals surface area contributed by atoms with Gasteiger partial charge in [-0.05, 0) is 6.92 Å². The van der Waals surface area contributed by atoms with Crippen LogP contribution in [0.15, 0.2) is 29.7 Å². The number of nitrogens with one attached hydrogen (secondary N) is 1. The van der Waals surface area contributed by atoms with Crippen LogP contribution < -0.4 is 5.32 Å². The van der Waals surface area contributed by atoms with Crippen molar-refractivity contribution in [2.24, 2.45) is 7.05 Å². The summed E-state index contributed by atoms with van der Waals surface area (Å²) in [5, 5.41) is 7.32. The molecule has 3 heterocycles. The first-order chi connectivity index (χ1) is 10.5. The van der Waals surface area contributed by atoms with E-state index in [0.29, 0.717) is 26.2 Å². The van der Waals surface area contributed by atoms with E-state index in [1.54, 1.807) is 17.1 Å². The largest absolute Gasteiger partial charge is 0.337 e. The molecule has 0 bridgehead atoms. The summed E-state index contributed by atoms with van der Waals surface area (Å²) >= 11 is 0. The van der Waals surface area contributed by atoms with Crippen LogP contribution in [0.1, 0.15) is 18.8 Å². The summed E-state index contributed by atoms with van der Waals surface area (Å²) in [5.74, 6) is 0.735. The van der Waals surface area contributed by atoms with Crippen LogP contribution in [0.2, 0.25) is 0 Å². The Morgan fingerprint density at radius 3 is 2.83 bits per heavy atom. The number of piperazine rings is 1. The van der Waals surface area contributed by atoms with Crippen LogP contribution in [0.25, 0.3) is 0 Å². The second-order valence-electron chi connectivity index (χ2n) is 5.26. The molecule has 0 aromatic carbocycles. The zero-order chi connectivity index (χ0) is 15.7. The third-order valence-corrected chi connectivity index (χ3v) is 5.75. The number of hydrogen-bond acceptors (Lipinski definition) is 5. The first-order valence-corrected chi connectivity index (χ1v) is 8.70. The van der Waals surface area contributed by atoms with Crippen molar-refractivity contribution in [3.05, 3.63) is 30.6 Å². The Bertz CT molecular complexity index is 756. The summed E-state index contributed by atoms with van der Waals surface area (Å²) in [4.78, 5) is 4.55. The number of imidazole rings is 1. The molecule has 1 fully saturated rings. The maximum atomic E-state index is 12.9. The molecule has 8 nitrogen and oxygen atoms in total. The fraction of sp³-hybridized carbons (Fsp3) is 0.538. The van der Waals surface area contributed by atoms with Crippen molar-refractivity contribution in [2.45, 2.75) is 24.4 Å². The molecule has 10 heteroatoms. The summed E-state index contributed by atoms with van der Waals surface area (Å²) in [6.07, 6.45) is 6.50. The fourth-order valence-corrected chi connectivity index (χ4v) is 4.22. The average molecular weight is 361 g/mol. The highest BCUT2D eigenvalue weighted by Crippen LogP contribution is 2.27. The van der Waals surface area contributed by atoms with Gasteiger partial charge < -0.3 is 9.88 Å². The van der Waals surface area contributed by atoms with E-state index in [4.69, 9.17) is 0 Å². The molecule has 2 aromatic rings. The Labute approximate surface area is 142 Å². The molecule has 1 saturated heterocycles. The molecular weight excluding hydrogens is 340 g/mol. The maximum Gasteiger partial charge on any atom is 0.246 e. The molecule has 2 aromatic heterocycles. The normalized spacial score (nSPS) is 19.5. The first kappa shape index (κ1) is 17.9. The third kappa shape index (κ3) is 3.27. The lowest BCUT2D eigenvalue weighted by atomic mass is 10.2. The van der Waals surface area contributed by atoms with Crippen molar-refractivity contribution in [1.29, 1.82) is 0 Å². The van der Waals surface area contributed by atoms with Crippen molar-refractivity contribution in [3.8, 4) is 0 Å². The smallest absolute Gasteiger partial charge is 0.246 e. The molecule has 1 aliphatic rings. The molecule has 1 atom stereocenters. The second kappa shape index (κ2) is 7.00. The van der Waals surface area contributed by atoms with Crippen LogP contribution in [0.5, 0.6) is 0 Å². The predicted octanol–water partition coefficient (Wildman–Crippen LogP) is 0.394. The molecule has 23 heavy (non-hydrogen) atoms. The van der Waals surface area contributed by atoms with Crippen LogP contribution in [-0.4, -0.2) is 51.7 Å². The number of sulfonamides is 1. The Kier molecular flexibility index (Phi) is 5.45. The fourth-order valence-electron chi connectivity index (χ4n) is 2.68. The summed E-state index contributed by atoms with van der Waals surface area (Å²) in [5.41, 5.74) is 0. The van der Waals surface area contributed by atoms with Gasteiger partial charge in [-0.3, -0.25) is 4.68 Å². The molecule has 1 aliphatic heterocycles. The van der Waals surface area contributed by atoms with E-state index in [0.717, 1.165) is 5.82 Å². The number of halogens is 1. The van der Waals surface area contributed by atoms with Gasteiger partial charge in [-0.1, -0.05) is 0 Å². The van der Waals surface area contributed by atoms with E-state index >= 15 is 0 Å². The van der Waals surface area contributed by atoms with E-state index < -0.39 is 10.0 Å². The number of nitrogens with zero attached hydrogens (tertiary/aromatic N) is 5. The van der Waals surface area contributed by atoms with Gasteiger partial charge in [0.15, 0.2) is 0 Å². The van der Waals surface area contributed by atoms with E-state index in [9.17, 15) is 8.42 Å². The number of hydrogen-bond donors (Lipinski definition) is 1.